The van der Waals surface area contributed by atoms with Gasteiger partial charge in [0.25, 0.3) is 5.91 Å². The van der Waals surface area contributed by atoms with E-state index in [0.717, 1.165) is 39.1 Å². The van der Waals surface area contributed by atoms with Gasteiger partial charge < -0.3 is 5.32 Å². The van der Waals surface area contributed by atoms with Crippen LogP contribution in [0.3, 0.4) is 0 Å². The summed E-state index contributed by atoms with van der Waals surface area (Å²) in [6.45, 7) is 1.96. The topological polar surface area (TPSA) is 72.2 Å². The van der Waals surface area contributed by atoms with Crippen LogP contribution in [0, 0.1) is 0 Å². The summed E-state index contributed by atoms with van der Waals surface area (Å²) in [4.78, 5) is 18.4. The lowest BCUT2D eigenvalue weighted by molar-refractivity contribution is 0.102. The van der Waals surface area contributed by atoms with Gasteiger partial charge in [0.15, 0.2) is 4.96 Å². The molecule has 1 amide bonds. The highest BCUT2D eigenvalue weighted by atomic mass is 32.1. The second-order valence-electron chi connectivity index (χ2n) is 5.15. The number of hydrogen-bond donors (Lipinski definition) is 1. The molecule has 0 aliphatic rings. The van der Waals surface area contributed by atoms with Crippen LogP contribution in [0.25, 0.3) is 16.2 Å². The first-order valence-corrected chi connectivity index (χ1v) is 9.05. The van der Waals surface area contributed by atoms with Crippen LogP contribution in [-0.2, 0) is 6.42 Å². The van der Waals surface area contributed by atoms with Crippen LogP contribution in [0.4, 0.5) is 5.69 Å². The number of carbonyl (C=O) groups is 1. The van der Waals surface area contributed by atoms with Gasteiger partial charge >= 0.3 is 0 Å². The number of imidazole rings is 1. The number of benzene rings is 1. The zero-order chi connectivity index (χ0) is 16.5. The lowest BCUT2D eigenvalue weighted by Gasteiger charge is -2.05. The standard InChI is InChI=1S/C16H13N5OS2/c1-2-12-14(24-20-19-12)15(22)17-11-5-3-10(4-6-11)13-9-21-7-8-23-16(21)18-13/h3-9H,2H2,1H3,(H,17,22). The summed E-state index contributed by atoms with van der Waals surface area (Å²) in [7, 11) is 0. The van der Waals surface area contributed by atoms with Gasteiger partial charge in [-0.3, -0.25) is 9.20 Å². The fraction of sp³-hybridized carbons (Fsp3) is 0.125. The molecule has 0 fully saturated rings. The molecule has 3 aromatic heterocycles. The molecule has 1 N–H and O–H groups in total. The molecule has 0 atom stereocenters. The number of aromatic nitrogens is 4. The second kappa shape index (κ2) is 6.14. The van der Waals surface area contributed by atoms with Gasteiger partial charge in [0.05, 0.1) is 11.4 Å². The van der Waals surface area contributed by atoms with Gasteiger partial charge in [-0.2, -0.15) is 0 Å². The number of rotatable bonds is 4. The van der Waals surface area contributed by atoms with E-state index >= 15 is 0 Å². The van der Waals surface area contributed by atoms with Crippen molar-refractivity contribution in [2.45, 2.75) is 13.3 Å². The quantitative estimate of drug-likeness (QED) is 0.605. The molecular weight excluding hydrogens is 342 g/mol. The van der Waals surface area contributed by atoms with Crippen LogP contribution in [0.1, 0.15) is 22.3 Å². The summed E-state index contributed by atoms with van der Waals surface area (Å²) in [6.07, 6.45) is 4.67. The first-order valence-electron chi connectivity index (χ1n) is 7.40. The molecule has 0 spiro atoms. The van der Waals surface area contributed by atoms with E-state index in [1.165, 1.54) is 0 Å². The predicted molar refractivity (Wildman–Crippen MR) is 95.7 cm³/mol. The molecule has 0 saturated carbocycles. The normalized spacial score (nSPS) is 11.0. The number of hydrogen-bond acceptors (Lipinski definition) is 6. The van der Waals surface area contributed by atoms with Crippen LogP contribution in [0.15, 0.2) is 42.0 Å². The Morgan fingerprint density at radius 3 is 2.88 bits per heavy atom. The molecule has 0 unspecified atom stereocenters. The molecule has 0 aliphatic heterocycles. The highest BCUT2D eigenvalue weighted by Crippen LogP contribution is 2.23. The Kier molecular flexibility index (Phi) is 3.83. The zero-order valence-corrected chi connectivity index (χ0v) is 14.4. The largest absolute Gasteiger partial charge is 0.321 e. The average molecular weight is 355 g/mol. The molecule has 6 nitrogen and oxygen atoms in total. The summed E-state index contributed by atoms with van der Waals surface area (Å²) in [5.74, 6) is -0.169. The molecule has 120 valence electrons. The third-order valence-corrected chi connectivity index (χ3v) is 5.17. The third kappa shape index (κ3) is 2.70. The van der Waals surface area contributed by atoms with E-state index in [1.807, 2.05) is 53.4 Å². The minimum atomic E-state index is -0.169. The Hall–Kier alpha value is -2.58. The van der Waals surface area contributed by atoms with Crippen molar-refractivity contribution in [1.29, 1.82) is 0 Å². The number of fused-ring (bicyclic) bond motifs is 1. The van der Waals surface area contributed by atoms with Crippen molar-refractivity contribution in [1.82, 2.24) is 19.0 Å². The van der Waals surface area contributed by atoms with Gasteiger partial charge in [-0.25, -0.2) is 4.98 Å². The molecule has 24 heavy (non-hydrogen) atoms. The smallest absolute Gasteiger partial charge is 0.269 e. The maximum absolute atomic E-state index is 12.3. The summed E-state index contributed by atoms with van der Waals surface area (Å²) >= 11 is 2.72. The molecule has 4 aromatic rings. The number of nitrogens with zero attached hydrogens (tertiary/aromatic N) is 4. The SMILES string of the molecule is CCc1nnsc1C(=O)Nc1ccc(-c2cn3ccsc3n2)cc1. The van der Waals surface area contributed by atoms with Crippen LogP contribution >= 0.6 is 22.9 Å². The Balaban J connectivity index is 1.53. The Morgan fingerprint density at radius 1 is 1.29 bits per heavy atom. The molecule has 3 heterocycles. The molecule has 0 aliphatic carbocycles. The van der Waals surface area contributed by atoms with Crippen LogP contribution in [0.2, 0.25) is 0 Å². The second-order valence-corrected chi connectivity index (χ2v) is 6.78. The van der Waals surface area contributed by atoms with Crippen molar-refractivity contribution >= 4 is 39.4 Å². The van der Waals surface area contributed by atoms with Crippen LogP contribution < -0.4 is 5.32 Å². The minimum absolute atomic E-state index is 0.169. The van der Waals surface area contributed by atoms with Crippen molar-refractivity contribution in [2.75, 3.05) is 5.32 Å². The molecule has 0 bridgehead atoms. The average Bonchev–Trinajstić information content (AvgIpc) is 3.30. The van der Waals surface area contributed by atoms with Crippen molar-refractivity contribution in [3.63, 3.8) is 0 Å². The van der Waals surface area contributed by atoms with E-state index in [0.29, 0.717) is 11.3 Å². The maximum atomic E-state index is 12.3. The highest BCUT2D eigenvalue weighted by molar-refractivity contribution is 7.15. The van der Waals surface area contributed by atoms with Crippen LogP contribution in [0.5, 0.6) is 0 Å². The Bertz CT molecular complexity index is 971. The number of nitrogens with one attached hydrogen (secondary N) is 1. The Morgan fingerprint density at radius 2 is 2.12 bits per heavy atom. The van der Waals surface area contributed by atoms with Crippen molar-refractivity contribution < 1.29 is 4.79 Å². The third-order valence-electron chi connectivity index (χ3n) is 3.63. The molecule has 1 aromatic carbocycles. The summed E-state index contributed by atoms with van der Waals surface area (Å²) < 4.78 is 5.85. The van der Waals surface area contributed by atoms with E-state index in [-0.39, 0.29) is 5.91 Å². The first kappa shape index (κ1) is 15.0. The zero-order valence-electron chi connectivity index (χ0n) is 12.8. The lowest BCUT2D eigenvalue weighted by Crippen LogP contribution is -2.12. The molecule has 0 saturated heterocycles. The maximum Gasteiger partial charge on any atom is 0.269 e. The molecule has 0 radical (unpaired) electrons. The predicted octanol–water partition coefficient (Wildman–Crippen LogP) is 3.73. The van der Waals surface area contributed by atoms with E-state index in [4.69, 9.17) is 0 Å². The van der Waals surface area contributed by atoms with Gasteiger partial charge in [0, 0.05) is 29.0 Å². The van der Waals surface area contributed by atoms with E-state index in [2.05, 4.69) is 19.9 Å². The molecule has 4 rings (SSSR count). The molecular formula is C16H13N5OS2. The molecule has 8 heteroatoms. The van der Waals surface area contributed by atoms with E-state index in [9.17, 15) is 4.79 Å². The van der Waals surface area contributed by atoms with Gasteiger partial charge in [-0.1, -0.05) is 23.5 Å². The van der Waals surface area contributed by atoms with Gasteiger partial charge in [0.2, 0.25) is 0 Å². The summed E-state index contributed by atoms with van der Waals surface area (Å²) in [6, 6.07) is 7.66. The fourth-order valence-corrected chi connectivity index (χ4v) is 3.74. The monoisotopic (exact) mass is 355 g/mol. The van der Waals surface area contributed by atoms with Crippen molar-refractivity contribution in [2.24, 2.45) is 0 Å². The first-order chi connectivity index (χ1) is 11.7. The summed E-state index contributed by atoms with van der Waals surface area (Å²) in [5, 5.41) is 8.86. The van der Waals surface area contributed by atoms with E-state index < -0.39 is 0 Å². The number of carbonyl (C=O) groups excluding carboxylic acids is 1. The highest BCUT2D eigenvalue weighted by Gasteiger charge is 2.15. The van der Waals surface area contributed by atoms with Gasteiger partial charge in [-0.05, 0) is 30.1 Å². The number of anilines is 1. The van der Waals surface area contributed by atoms with Gasteiger partial charge in [-0.15, -0.1) is 16.4 Å². The minimum Gasteiger partial charge on any atom is -0.321 e. The van der Waals surface area contributed by atoms with E-state index in [1.54, 1.807) is 11.3 Å². The van der Waals surface area contributed by atoms with Crippen molar-refractivity contribution in [3.8, 4) is 11.3 Å². The van der Waals surface area contributed by atoms with Crippen LogP contribution in [-0.4, -0.2) is 24.9 Å². The number of thiazole rings is 1. The van der Waals surface area contributed by atoms with Gasteiger partial charge in [0.1, 0.15) is 4.88 Å². The number of aryl methyl sites for hydroxylation is 1. The Labute approximate surface area is 146 Å². The summed E-state index contributed by atoms with van der Waals surface area (Å²) in [5.41, 5.74) is 3.39. The fourth-order valence-electron chi connectivity index (χ4n) is 2.39. The lowest BCUT2D eigenvalue weighted by atomic mass is 10.1. The van der Waals surface area contributed by atoms with Crippen molar-refractivity contribution in [3.05, 3.63) is 52.6 Å². The number of amides is 1.